The molecule has 0 fully saturated rings. The molecule has 1 amide bonds. The van der Waals surface area contributed by atoms with Crippen LogP contribution in [0.2, 0.25) is 0 Å². The lowest BCUT2D eigenvalue weighted by Crippen LogP contribution is -2.31. The number of rotatable bonds is 4. The minimum atomic E-state index is -0.0412. The normalized spacial score (nSPS) is 9.38. The summed E-state index contributed by atoms with van der Waals surface area (Å²) in [6, 6.07) is 7.08. The van der Waals surface area contributed by atoms with Crippen LogP contribution in [0.25, 0.3) is 5.53 Å². The molecule has 1 rings (SSSR count). The summed E-state index contributed by atoms with van der Waals surface area (Å²) >= 11 is 0. The summed E-state index contributed by atoms with van der Waals surface area (Å²) in [6.45, 7) is 5.20. The van der Waals surface area contributed by atoms with Crippen molar-refractivity contribution in [3.63, 3.8) is 0 Å². The molecule has 0 bridgehead atoms. The molecule has 0 aliphatic heterocycles. The van der Waals surface area contributed by atoms with Crippen molar-refractivity contribution in [1.29, 1.82) is 0 Å². The maximum Gasteiger partial charge on any atom is 0.288 e. The highest BCUT2D eigenvalue weighted by Crippen LogP contribution is 2.09. The Morgan fingerprint density at radius 1 is 1.38 bits per heavy atom. The molecule has 0 aromatic heterocycles. The van der Waals surface area contributed by atoms with Crippen LogP contribution in [0.4, 0.5) is 0 Å². The molecule has 1 aromatic carbocycles. The highest BCUT2D eigenvalue weighted by atomic mass is 16.2. The first-order valence-electron chi connectivity index (χ1n) is 5.30. The number of benzene rings is 1. The fourth-order valence-corrected chi connectivity index (χ4v) is 1.55. The van der Waals surface area contributed by atoms with Crippen LogP contribution in [-0.4, -0.2) is 34.9 Å². The summed E-state index contributed by atoms with van der Waals surface area (Å²) in [5.74, 6) is -0.0412. The summed E-state index contributed by atoms with van der Waals surface area (Å²) in [5.41, 5.74) is 9.71. The van der Waals surface area contributed by atoms with Crippen molar-refractivity contribution < 1.29 is 9.58 Å². The SMILES string of the molecule is CCN(CC)C(=O)c1ccccc1C=[N+]=[N-]. The fourth-order valence-electron chi connectivity index (χ4n) is 1.55. The molecular weight excluding hydrogens is 202 g/mol. The number of nitrogens with zero attached hydrogens (tertiary/aromatic N) is 3. The van der Waals surface area contributed by atoms with E-state index in [2.05, 4.69) is 4.79 Å². The lowest BCUT2D eigenvalue weighted by atomic mass is 10.1. The Balaban J connectivity index is 3.11. The van der Waals surface area contributed by atoms with E-state index in [1.165, 1.54) is 6.21 Å². The second-order valence-electron chi connectivity index (χ2n) is 3.31. The molecule has 0 aliphatic carbocycles. The van der Waals surface area contributed by atoms with Gasteiger partial charge in [-0.15, -0.1) is 0 Å². The first kappa shape index (κ1) is 12.1. The molecule has 0 atom stereocenters. The first-order valence-corrected chi connectivity index (χ1v) is 5.30. The molecule has 0 unspecified atom stereocenters. The largest absolute Gasteiger partial charge is 0.361 e. The van der Waals surface area contributed by atoms with Crippen LogP contribution in [0.1, 0.15) is 29.8 Å². The number of hydrogen-bond acceptors (Lipinski definition) is 1. The van der Waals surface area contributed by atoms with Gasteiger partial charge in [0.1, 0.15) is 0 Å². The maximum absolute atomic E-state index is 12.1. The van der Waals surface area contributed by atoms with E-state index in [0.29, 0.717) is 24.2 Å². The van der Waals surface area contributed by atoms with Gasteiger partial charge in [-0.2, -0.15) is 4.79 Å². The van der Waals surface area contributed by atoms with Crippen molar-refractivity contribution in [2.75, 3.05) is 13.1 Å². The Labute approximate surface area is 95.1 Å². The van der Waals surface area contributed by atoms with Crippen molar-refractivity contribution in [2.24, 2.45) is 0 Å². The summed E-state index contributed by atoms with van der Waals surface area (Å²) in [4.78, 5) is 16.8. The summed E-state index contributed by atoms with van der Waals surface area (Å²) in [5, 5.41) is 0. The van der Waals surface area contributed by atoms with E-state index in [4.69, 9.17) is 5.53 Å². The molecular formula is C12H15N3O. The van der Waals surface area contributed by atoms with E-state index in [-0.39, 0.29) is 5.91 Å². The molecule has 0 saturated heterocycles. The Bertz CT molecular complexity index is 418. The van der Waals surface area contributed by atoms with Crippen molar-refractivity contribution in [3.8, 4) is 0 Å². The van der Waals surface area contributed by atoms with Gasteiger partial charge in [0.25, 0.3) is 12.1 Å². The molecule has 16 heavy (non-hydrogen) atoms. The maximum atomic E-state index is 12.1. The van der Waals surface area contributed by atoms with Gasteiger partial charge in [-0.25, -0.2) is 0 Å². The smallest absolute Gasteiger partial charge is 0.288 e. The van der Waals surface area contributed by atoms with Crippen LogP contribution in [0, 0.1) is 0 Å². The van der Waals surface area contributed by atoms with Crippen LogP contribution in [0.5, 0.6) is 0 Å². The van der Waals surface area contributed by atoms with Gasteiger partial charge in [0.05, 0.1) is 11.1 Å². The molecule has 0 saturated carbocycles. The summed E-state index contributed by atoms with van der Waals surface area (Å²) in [7, 11) is 0. The molecule has 1 aromatic rings. The number of carbonyl (C=O) groups is 1. The second-order valence-corrected chi connectivity index (χ2v) is 3.31. The molecule has 4 nitrogen and oxygen atoms in total. The van der Waals surface area contributed by atoms with E-state index in [1.807, 2.05) is 13.8 Å². The van der Waals surface area contributed by atoms with Crippen LogP contribution in [0.15, 0.2) is 24.3 Å². The van der Waals surface area contributed by atoms with Crippen molar-refractivity contribution in [3.05, 3.63) is 40.9 Å². The first-order chi connectivity index (χ1) is 7.74. The Hall–Kier alpha value is -1.93. The van der Waals surface area contributed by atoms with Crippen LogP contribution in [-0.2, 0) is 0 Å². The number of hydrogen-bond donors (Lipinski definition) is 0. The van der Waals surface area contributed by atoms with Gasteiger partial charge >= 0.3 is 0 Å². The highest BCUT2D eigenvalue weighted by Gasteiger charge is 2.16. The van der Waals surface area contributed by atoms with Crippen molar-refractivity contribution in [1.82, 2.24) is 4.90 Å². The molecule has 0 radical (unpaired) electrons. The molecule has 0 aliphatic rings. The second kappa shape index (κ2) is 5.83. The Kier molecular flexibility index (Phi) is 4.42. The zero-order valence-electron chi connectivity index (χ0n) is 9.55. The third kappa shape index (κ3) is 2.55. The van der Waals surface area contributed by atoms with Gasteiger partial charge < -0.3 is 10.4 Å². The molecule has 84 valence electrons. The van der Waals surface area contributed by atoms with Crippen LogP contribution < -0.4 is 0 Å². The predicted octanol–water partition coefficient (Wildman–Crippen LogP) is 1.82. The lowest BCUT2D eigenvalue weighted by Gasteiger charge is -2.18. The average molecular weight is 217 g/mol. The van der Waals surface area contributed by atoms with Gasteiger partial charge in [-0.1, -0.05) is 12.1 Å². The summed E-state index contributed by atoms with van der Waals surface area (Å²) in [6.07, 6.45) is 1.27. The molecule has 0 N–H and O–H groups in total. The third-order valence-corrected chi connectivity index (χ3v) is 2.44. The monoisotopic (exact) mass is 217 g/mol. The lowest BCUT2D eigenvalue weighted by molar-refractivity contribution is 0.00445. The highest BCUT2D eigenvalue weighted by molar-refractivity contribution is 6.01. The van der Waals surface area contributed by atoms with E-state index in [9.17, 15) is 4.79 Å². The van der Waals surface area contributed by atoms with Gasteiger partial charge in [0.2, 0.25) is 0 Å². The van der Waals surface area contributed by atoms with Crippen LogP contribution in [0.3, 0.4) is 0 Å². The molecule has 0 heterocycles. The predicted molar refractivity (Wildman–Crippen MR) is 62.5 cm³/mol. The minimum absolute atomic E-state index is 0.0412. The Morgan fingerprint density at radius 3 is 2.56 bits per heavy atom. The Morgan fingerprint density at radius 2 is 2.00 bits per heavy atom. The topological polar surface area (TPSA) is 56.7 Å². The van der Waals surface area contributed by atoms with E-state index >= 15 is 0 Å². The van der Waals surface area contributed by atoms with E-state index in [1.54, 1.807) is 29.2 Å². The zero-order valence-corrected chi connectivity index (χ0v) is 9.55. The van der Waals surface area contributed by atoms with Gasteiger partial charge in [-0.3, -0.25) is 4.79 Å². The summed E-state index contributed by atoms with van der Waals surface area (Å²) < 4.78 is 0. The molecule has 4 heteroatoms. The fraction of sp³-hybridized carbons (Fsp3) is 0.333. The standard InChI is InChI=1S/C12H15N3O/c1-3-15(4-2)12(16)11-8-6-5-7-10(11)9-14-13/h5-9H,3-4H2,1-2H3. The average Bonchev–Trinajstić information content (AvgIpc) is 2.31. The number of amides is 1. The quantitative estimate of drug-likeness (QED) is 0.431. The van der Waals surface area contributed by atoms with Gasteiger partial charge in [0.15, 0.2) is 0 Å². The minimum Gasteiger partial charge on any atom is -0.361 e. The van der Waals surface area contributed by atoms with E-state index in [0.717, 1.165) is 0 Å². The van der Waals surface area contributed by atoms with Crippen molar-refractivity contribution >= 4 is 12.1 Å². The van der Waals surface area contributed by atoms with Crippen molar-refractivity contribution in [2.45, 2.75) is 13.8 Å². The zero-order chi connectivity index (χ0) is 12.0. The van der Waals surface area contributed by atoms with Crippen LogP contribution >= 0.6 is 0 Å². The number of carbonyl (C=O) groups excluding carboxylic acids is 1. The van der Waals surface area contributed by atoms with Gasteiger partial charge in [-0.05, 0) is 26.0 Å². The third-order valence-electron chi connectivity index (χ3n) is 2.44. The van der Waals surface area contributed by atoms with Gasteiger partial charge in [0, 0.05) is 13.1 Å². The van der Waals surface area contributed by atoms with E-state index < -0.39 is 0 Å². The molecule has 0 spiro atoms.